The van der Waals surface area contributed by atoms with Crippen molar-refractivity contribution in [2.24, 2.45) is 5.92 Å². The second-order valence-electron chi connectivity index (χ2n) is 8.09. The molecule has 2 bridgehead atoms. The number of esters is 2. The Morgan fingerprint density at radius 1 is 1.29 bits per heavy atom. The molecule has 6 nitrogen and oxygen atoms in total. The summed E-state index contributed by atoms with van der Waals surface area (Å²) in [7, 11) is 2.17. The zero-order valence-electron chi connectivity index (χ0n) is 19.4. The van der Waals surface area contributed by atoms with Crippen LogP contribution in [0.4, 0.5) is 0 Å². The van der Waals surface area contributed by atoms with E-state index in [0.717, 1.165) is 24.9 Å². The van der Waals surface area contributed by atoms with E-state index in [1.807, 2.05) is 12.1 Å². The Hall–Kier alpha value is -1.08. The third-order valence-electron chi connectivity index (χ3n) is 6.67. The number of rotatable bonds is 2. The van der Waals surface area contributed by atoms with Crippen LogP contribution in [0.2, 0.25) is 0 Å². The maximum atomic E-state index is 11.7. The molecule has 0 amide bonds. The van der Waals surface area contributed by atoms with Crippen LogP contribution in [0.1, 0.15) is 35.7 Å². The summed E-state index contributed by atoms with van der Waals surface area (Å²) in [6, 6.07) is 4.28. The van der Waals surface area contributed by atoms with Gasteiger partial charge in [-0.25, -0.2) is 0 Å². The maximum absolute atomic E-state index is 11.7. The van der Waals surface area contributed by atoms with Gasteiger partial charge in [0.15, 0.2) is 17.6 Å². The molecule has 1 fully saturated rings. The third kappa shape index (κ3) is 2.68. The van der Waals surface area contributed by atoms with E-state index in [1.165, 1.54) is 19.4 Å². The van der Waals surface area contributed by atoms with E-state index in [9.17, 15) is 9.59 Å². The van der Waals surface area contributed by atoms with Gasteiger partial charge in [0.2, 0.25) is 0 Å². The van der Waals surface area contributed by atoms with Crippen LogP contribution in [0.3, 0.4) is 0 Å². The quantitative estimate of drug-likeness (QED) is 0.320. The van der Waals surface area contributed by atoms with Crippen molar-refractivity contribution in [2.45, 2.75) is 50.4 Å². The van der Waals surface area contributed by atoms with Crippen molar-refractivity contribution < 1.29 is 28.1 Å². The molecule has 1 aromatic rings. The van der Waals surface area contributed by atoms with Crippen LogP contribution in [0.15, 0.2) is 24.3 Å². The SMILES string of the molecule is CC(=O)Oc1ccc2c3c1O[C@H]1[C@@H](OC(C)=O)C=C[C@H]4[C@@H](C2)N(C)CC[C@@]341.[Ca+2].[H+].[H-].[H-]. The predicted molar refractivity (Wildman–Crippen MR) is 106 cm³/mol. The monoisotopic (exact) mass is 412 g/mol. The molecule has 0 unspecified atom stereocenters. The molecule has 0 N–H and O–H groups in total. The van der Waals surface area contributed by atoms with Crippen molar-refractivity contribution in [1.29, 1.82) is 0 Å². The number of hydrogen-bond donors (Lipinski definition) is 0. The summed E-state index contributed by atoms with van der Waals surface area (Å²) in [5.41, 5.74) is 2.15. The number of likely N-dealkylation sites (tertiary alicyclic amines) is 1. The minimum Gasteiger partial charge on any atom is -1.00 e. The second-order valence-corrected chi connectivity index (χ2v) is 8.09. The number of piperidine rings is 1. The van der Waals surface area contributed by atoms with Gasteiger partial charge in [-0.15, -0.1) is 0 Å². The first-order valence-electron chi connectivity index (χ1n) is 9.49. The van der Waals surface area contributed by atoms with Gasteiger partial charge in [0, 0.05) is 36.8 Å². The van der Waals surface area contributed by atoms with Gasteiger partial charge >= 0.3 is 51.1 Å². The topological polar surface area (TPSA) is 65.1 Å². The maximum Gasteiger partial charge on any atom is 2.00 e. The van der Waals surface area contributed by atoms with Crippen LogP contribution < -0.4 is 9.47 Å². The molecule has 2 heterocycles. The summed E-state index contributed by atoms with van der Waals surface area (Å²) in [6.07, 6.45) is 5.31. The Morgan fingerprint density at radius 3 is 2.79 bits per heavy atom. The molecule has 5 rings (SSSR count). The molecule has 0 saturated carbocycles. The summed E-state index contributed by atoms with van der Waals surface area (Å²) in [4.78, 5) is 25.7. The van der Waals surface area contributed by atoms with E-state index in [2.05, 4.69) is 24.1 Å². The van der Waals surface area contributed by atoms with E-state index >= 15 is 0 Å². The summed E-state index contributed by atoms with van der Waals surface area (Å²) in [5, 5.41) is 0. The van der Waals surface area contributed by atoms with Crippen LogP contribution in [0.5, 0.6) is 11.5 Å². The van der Waals surface area contributed by atoms with E-state index in [1.54, 1.807) is 0 Å². The van der Waals surface area contributed by atoms with Gasteiger partial charge in [-0.1, -0.05) is 12.1 Å². The van der Waals surface area contributed by atoms with Crippen molar-refractivity contribution in [3.63, 3.8) is 0 Å². The number of carbonyl (C=O) groups excluding carboxylic acids is 2. The Balaban J connectivity index is 0.00000120. The Kier molecular flexibility index (Phi) is 5.06. The standard InChI is InChI=1S/C21H23NO5.Ca.2H/c1-11(23)25-16-6-4-13-10-15-14-5-7-17(26-12(2)24)20-21(14,8-9-22(15)3)18(13)19(16)27-20;;;/h4-7,14-15,17,20H,8-10H2,1-3H3;;;/q;+2;2*-1/p+1/t14-,15+,17-,20-,21-;;;/m0.../s1. The van der Waals surface area contributed by atoms with Crippen molar-refractivity contribution in [3.8, 4) is 11.5 Å². The van der Waals surface area contributed by atoms with Gasteiger partial charge in [0.25, 0.3) is 0 Å². The number of likely N-dealkylation sites (N-methyl/N-ethyl adjacent to an activating group) is 1. The number of ether oxygens (including phenoxy) is 3. The molecule has 146 valence electrons. The Morgan fingerprint density at radius 2 is 2.07 bits per heavy atom. The number of carbonyl (C=O) groups is 2. The molecule has 4 aliphatic rings. The van der Waals surface area contributed by atoms with Crippen molar-refractivity contribution in [3.05, 3.63) is 35.4 Å². The molecular formula is C21H26CaNO5+. The van der Waals surface area contributed by atoms with Gasteiger partial charge in [-0.3, -0.25) is 9.59 Å². The summed E-state index contributed by atoms with van der Waals surface area (Å²) in [6.45, 7) is 3.77. The van der Waals surface area contributed by atoms with Gasteiger partial charge in [0.05, 0.1) is 0 Å². The van der Waals surface area contributed by atoms with E-state index < -0.39 is 6.10 Å². The predicted octanol–water partition coefficient (Wildman–Crippen LogP) is 1.95. The molecule has 1 spiro atoms. The van der Waals surface area contributed by atoms with Gasteiger partial charge in [-0.2, -0.15) is 0 Å². The minimum absolute atomic E-state index is 0. The van der Waals surface area contributed by atoms with E-state index in [0.29, 0.717) is 17.5 Å². The summed E-state index contributed by atoms with van der Waals surface area (Å²) in [5.74, 6) is 0.712. The molecule has 1 aromatic carbocycles. The van der Waals surface area contributed by atoms with E-state index in [4.69, 9.17) is 14.2 Å². The zero-order valence-corrected chi connectivity index (χ0v) is 18.6. The van der Waals surface area contributed by atoms with E-state index in [-0.39, 0.29) is 71.4 Å². The van der Waals surface area contributed by atoms with Crippen molar-refractivity contribution in [1.82, 2.24) is 4.90 Å². The van der Waals surface area contributed by atoms with Crippen LogP contribution >= 0.6 is 0 Å². The third-order valence-corrected chi connectivity index (χ3v) is 6.67. The minimum atomic E-state index is -0.439. The molecule has 2 aliphatic heterocycles. The summed E-state index contributed by atoms with van der Waals surface area (Å²) >= 11 is 0. The summed E-state index contributed by atoms with van der Waals surface area (Å²) < 4.78 is 17.5. The average molecular weight is 413 g/mol. The Labute approximate surface area is 198 Å². The second kappa shape index (κ2) is 7.01. The van der Waals surface area contributed by atoms with Crippen LogP contribution in [-0.4, -0.2) is 86.4 Å². The average Bonchev–Trinajstić information content (AvgIpc) is 2.95. The molecule has 2 aliphatic carbocycles. The molecule has 1 saturated heterocycles. The van der Waals surface area contributed by atoms with Gasteiger partial charge < -0.3 is 22.0 Å². The van der Waals surface area contributed by atoms with Gasteiger partial charge in [-0.05, 0) is 44.1 Å². The molecular weight excluding hydrogens is 386 g/mol. The first-order chi connectivity index (χ1) is 12.9. The largest absolute Gasteiger partial charge is 2.00 e. The normalized spacial score (nSPS) is 34.0. The first kappa shape index (κ1) is 20.2. The molecule has 7 heteroatoms. The fourth-order valence-corrected chi connectivity index (χ4v) is 5.74. The van der Waals surface area contributed by atoms with Crippen molar-refractivity contribution in [2.75, 3.05) is 13.6 Å². The van der Waals surface area contributed by atoms with Crippen molar-refractivity contribution >= 4 is 49.7 Å². The fraction of sp³-hybridized carbons (Fsp3) is 0.524. The zero-order chi connectivity index (χ0) is 18.9. The first-order valence-corrected chi connectivity index (χ1v) is 9.49. The van der Waals surface area contributed by atoms with Crippen LogP contribution in [0.25, 0.3) is 0 Å². The molecule has 0 aromatic heterocycles. The fourth-order valence-electron chi connectivity index (χ4n) is 5.74. The Bertz CT molecular complexity index is 898. The smallest absolute Gasteiger partial charge is 1.00 e. The number of hydrogen-bond acceptors (Lipinski definition) is 6. The molecule has 28 heavy (non-hydrogen) atoms. The molecule has 0 radical (unpaired) electrons. The van der Waals surface area contributed by atoms with Crippen LogP contribution in [-0.2, 0) is 26.2 Å². The number of benzene rings is 1. The number of nitrogens with zero attached hydrogens (tertiary/aromatic N) is 1. The van der Waals surface area contributed by atoms with Gasteiger partial charge in [0.1, 0.15) is 6.10 Å². The molecule has 5 atom stereocenters. The van der Waals surface area contributed by atoms with Crippen LogP contribution in [0, 0.1) is 5.92 Å².